The molecule has 0 saturated carbocycles. The standard InChI is InChI=1S/C6H4F11O2P/c1-2(7,8)3(9,10)5(14,15)20(18,19)6(16,17)4(11,12)13/h1H3,(H,18,19). The van der Waals surface area contributed by atoms with Crippen LogP contribution >= 0.6 is 7.37 Å². The fraction of sp³-hybridized carbons (Fsp3) is 1.00. The van der Waals surface area contributed by atoms with E-state index in [-0.39, 0.29) is 0 Å². The van der Waals surface area contributed by atoms with Gasteiger partial charge >= 0.3 is 36.7 Å². The highest BCUT2D eigenvalue weighted by atomic mass is 31.2. The Kier molecular flexibility index (Phi) is 4.33. The van der Waals surface area contributed by atoms with E-state index < -0.39 is 43.6 Å². The fourth-order valence-electron chi connectivity index (χ4n) is 0.803. The van der Waals surface area contributed by atoms with E-state index in [1.807, 2.05) is 0 Å². The maximum atomic E-state index is 12.8. The average Bonchev–Trinajstić information content (AvgIpc) is 2.12. The maximum absolute atomic E-state index is 12.8. The number of halogens is 11. The summed E-state index contributed by atoms with van der Waals surface area (Å²) in [7, 11) is -8.46. The lowest BCUT2D eigenvalue weighted by atomic mass is 10.2. The second-order valence-electron chi connectivity index (χ2n) is 3.62. The molecule has 0 bridgehead atoms. The van der Waals surface area contributed by atoms with Crippen molar-refractivity contribution in [1.29, 1.82) is 0 Å². The Morgan fingerprint density at radius 1 is 0.750 bits per heavy atom. The highest BCUT2D eigenvalue weighted by Gasteiger charge is 2.86. The van der Waals surface area contributed by atoms with Crippen molar-refractivity contribution in [2.75, 3.05) is 0 Å². The fourth-order valence-corrected chi connectivity index (χ4v) is 2.08. The third-order valence-corrected chi connectivity index (χ3v) is 4.09. The van der Waals surface area contributed by atoms with E-state index >= 15 is 0 Å². The average molecular weight is 348 g/mol. The summed E-state index contributed by atoms with van der Waals surface area (Å²) in [5.41, 5.74) is -14.4. The van der Waals surface area contributed by atoms with Crippen molar-refractivity contribution in [2.45, 2.75) is 36.3 Å². The molecule has 1 atom stereocenters. The Morgan fingerprint density at radius 3 is 1.25 bits per heavy atom. The molecule has 20 heavy (non-hydrogen) atoms. The zero-order valence-electron chi connectivity index (χ0n) is 8.96. The van der Waals surface area contributed by atoms with Gasteiger partial charge in [0.25, 0.3) is 0 Å². The molecule has 122 valence electrons. The first kappa shape index (κ1) is 19.4. The molecule has 0 aromatic heterocycles. The normalized spacial score (nSPS) is 18.9. The van der Waals surface area contributed by atoms with Gasteiger partial charge in [-0.3, -0.25) is 4.57 Å². The molecule has 1 unspecified atom stereocenters. The van der Waals surface area contributed by atoms with Crippen LogP contribution in [0.2, 0.25) is 0 Å². The number of alkyl halides is 11. The summed E-state index contributed by atoms with van der Waals surface area (Å²) in [5.74, 6) is -12.8. The van der Waals surface area contributed by atoms with Crippen LogP contribution in [0.1, 0.15) is 6.92 Å². The zero-order valence-corrected chi connectivity index (χ0v) is 9.85. The zero-order chi connectivity index (χ0) is 17.0. The molecule has 0 rings (SSSR count). The molecular formula is C6H4F11O2P. The molecule has 0 aliphatic heterocycles. The molecule has 0 radical (unpaired) electrons. The molecule has 0 aromatic carbocycles. The van der Waals surface area contributed by atoms with Crippen LogP contribution in [0.5, 0.6) is 0 Å². The van der Waals surface area contributed by atoms with Crippen molar-refractivity contribution in [3.05, 3.63) is 0 Å². The van der Waals surface area contributed by atoms with Crippen molar-refractivity contribution in [3.63, 3.8) is 0 Å². The van der Waals surface area contributed by atoms with Gasteiger partial charge in [-0.1, -0.05) is 0 Å². The first-order chi connectivity index (χ1) is 8.25. The summed E-state index contributed by atoms with van der Waals surface area (Å²) in [6.45, 7) is -0.938. The molecule has 0 saturated heterocycles. The van der Waals surface area contributed by atoms with Gasteiger partial charge in [0.2, 0.25) is 0 Å². The predicted octanol–water partition coefficient (Wildman–Crippen LogP) is 4.30. The summed E-state index contributed by atoms with van der Waals surface area (Å²) in [6, 6.07) is 0. The van der Waals surface area contributed by atoms with Gasteiger partial charge in [0.1, 0.15) is 0 Å². The van der Waals surface area contributed by atoms with Gasteiger partial charge in [-0.15, -0.1) is 0 Å². The van der Waals surface area contributed by atoms with Gasteiger partial charge in [0.15, 0.2) is 0 Å². The van der Waals surface area contributed by atoms with Crippen LogP contribution < -0.4 is 0 Å². The van der Waals surface area contributed by atoms with Crippen molar-refractivity contribution in [1.82, 2.24) is 0 Å². The molecule has 0 aliphatic carbocycles. The summed E-state index contributed by atoms with van der Waals surface area (Å²) in [6.07, 6.45) is -7.13. The van der Waals surface area contributed by atoms with Crippen LogP contribution in [0.15, 0.2) is 0 Å². The number of hydrogen-bond donors (Lipinski definition) is 1. The topological polar surface area (TPSA) is 37.3 Å². The quantitative estimate of drug-likeness (QED) is 0.608. The van der Waals surface area contributed by atoms with E-state index in [0.717, 1.165) is 0 Å². The van der Waals surface area contributed by atoms with Gasteiger partial charge in [0.05, 0.1) is 0 Å². The summed E-state index contributed by atoms with van der Waals surface area (Å²) < 4.78 is 146. The third kappa shape index (κ3) is 2.38. The second kappa shape index (κ2) is 4.46. The van der Waals surface area contributed by atoms with E-state index in [0.29, 0.717) is 0 Å². The van der Waals surface area contributed by atoms with Crippen molar-refractivity contribution in [2.24, 2.45) is 0 Å². The van der Waals surface area contributed by atoms with Crippen molar-refractivity contribution >= 4 is 7.37 Å². The molecule has 0 amide bonds. The van der Waals surface area contributed by atoms with Crippen LogP contribution in [-0.4, -0.2) is 34.2 Å². The molecule has 0 fully saturated rings. The number of hydrogen-bond acceptors (Lipinski definition) is 1. The van der Waals surface area contributed by atoms with E-state index in [4.69, 9.17) is 4.89 Å². The van der Waals surface area contributed by atoms with Crippen LogP contribution in [0.25, 0.3) is 0 Å². The monoisotopic (exact) mass is 348 g/mol. The van der Waals surface area contributed by atoms with Gasteiger partial charge in [0, 0.05) is 6.92 Å². The largest absolute Gasteiger partial charge is 0.463 e. The first-order valence-corrected chi connectivity index (χ1v) is 5.82. The highest BCUT2D eigenvalue weighted by Crippen LogP contribution is 2.75. The van der Waals surface area contributed by atoms with Gasteiger partial charge in [-0.2, -0.15) is 48.3 Å². The van der Waals surface area contributed by atoms with Crippen molar-refractivity contribution < 1.29 is 57.8 Å². The second-order valence-corrected chi connectivity index (χ2v) is 5.89. The maximum Gasteiger partial charge on any atom is 0.463 e. The first-order valence-electron chi connectivity index (χ1n) is 4.16. The lowest BCUT2D eigenvalue weighted by Gasteiger charge is -2.36. The molecule has 0 heterocycles. The van der Waals surface area contributed by atoms with E-state index in [2.05, 4.69) is 0 Å². The van der Waals surface area contributed by atoms with Crippen LogP contribution in [0.3, 0.4) is 0 Å². The van der Waals surface area contributed by atoms with Gasteiger partial charge < -0.3 is 4.89 Å². The van der Waals surface area contributed by atoms with Crippen LogP contribution in [-0.2, 0) is 4.57 Å². The van der Waals surface area contributed by atoms with E-state index in [1.54, 1.807) is 0 Å². The summed E-state index contributed by atoms with van der Waals surface area (Å²) in [4.78, 5) is 8.13. The minimum Gasteiger partial charge on any atom is -0.336 e. The molecule has 0 spiro atoms. The molecule has 1 N–H and O–H groups in total. The molecule has 14 heteroatoms. The highest BCUT2D eigenvalue weighted by molar-refractivity contribution is 7.60. The third-order valence-electron chi connectivity index (χ3n) is 2.03. The van der Waals surface area contributed by atoms with Gasteiger partial charge in [-0.25, -0.2) is 0 Å². The van der Waals surface area contributed by atoms with E-state index in [1.165, 1.54) is 0 Å². The Labute approximate surface area is 103 Å². The number of rotatable bonds is 4. The molecular weight excluding hydrogens is 344 g/mol. The smallest absolute Gasteiger partial charge is 0.336 e. The Hall–Kier alpha value is -0.580. The molecule has 0 aromatic rings. The van der Waals surface area contributed by atoms with Crippen molar-refractivity contribution in [3.8, 4) is 0 Å². The van der Waals surface area contributed by atoms with E-state index in [9.17, 15) is 52.9 Å². The Balaban J connectivity index is 6.16. The minimum atomic E-state index is -8.46. The predicted molar refractivity (Wildman–Crippen MR) is 41.3 cm³/mol. The summed E-state index contributed by atoms with van der Waals surface area (Å²) >= 11 is 0. The molecule has 2 nitrogen and oxygen atoms in total. The summed E-state index contributed by atoms with van der Waals surface area (Å²) in [5, 5.41) is 0. The van der Waals surface area contributed by atoms with Crippen LogP contribution in [0.4, 0.5) is 48.3 Å². The Morgan fingerprint density at radius 2 is 1.05 bits per heavy atom. The lowest BCUT2D eigenvalue weighted by molar-refractivity contribution is -0.286. The lowest BCUT2D eigenvalue weighted by Crippen LogP contribution is -2.55. The van der Waals surface area contributed by atoms with Crippen LogP contribution in [0, 0.1) is 0 Å². The SMILES string of the molecule is CC(F)(F)C(F)(F)C(F)(F)P(=O)(O)C(F)(F)C(F)(F)F. The molecule has 0 aliphatic rings. The minimum absolute atomic E-state index is 0.938. The Bertz CT molecular complexity index is 420. The van der Waals surface area contributed by atoms with Gasteiger partial charge in [-0.05, 0) is 0 Å².